The molecule has 6 heteroatoms. The number of pyridine rings is 1. The third-order valence-corrected chi connectivity index (χ3v) is 2.60. The highest BCUT2D eigenvalue weighted by Gasteiger charge is 2.25. The van der Waals surface area contributed by atoms with E-state index in [0.717, 1.165) is 5.69 Å². The average molecular weight is 294 g/mol. The number of aromatic nitrogens is 1. The summed E-state index contributed by atoms with van der Waals surface area (Å²) in [6, 6.07) is 5.37. The van der Waals surface area contributed by atoms with E-state index in [4.69, 9.17) is 9.47 Å². The van der Waals surface area contributed by atoms with E-state index >= 15 is 0 Å². The van der Waals surface area contributed by atoms with Crippen molar-refractivity contribution in [2.45, 2.75) is 39.2 Å². The Bertz CT molecular complexity index is 509. The molecule has 116 valence electrons. The van der Waals surface area contributed by atoms with Crippen molar-refractivity contribution in [3.8, 4) is 0 Å². The number of aryl methyl sites for hydroxylation is 1. The molecule has 0 bridgehead atoms. The van der Waals surface area contributed by atoms with E-state index in [1.165, 1.54) is 7.11 Å². The van der Waals surface area contributed by atoms with Gasteiger partial charge in [0.25, 0.3) is 0 Å². The number of ether oxygens (including phenoxy) is 2. The fourth-order valence-corrected chi connectivity index (χ4v) is 1.71. The maximum atomic E-state index is 11.9. The Morgan fingerprint density at radius 2 is 2.00 bits per heavy atom. The molecule has 0 aliphatic carbocycles. The molecule has 1 heterocycles. The van der Waals surface area contributed by atoms with Crippen LogP contribution in [0, 0.1) is 6.92 Å². The molecule has 1 aromatic heterocycles. The van der Waals surface area contributed by atoms with Crippen molar-refractivity contribution in [3.63, 3.8) is 0 Å². The fourth-order valence-electron chi connectivity index (χ4n) is 1.71. The van der Waals surface area contributed by atoms with Gasteiger partial charge >= 0.3 is 12.1 Å². The molecular formula is C15H22N2O4. The molecule has 0 aliphatic rings. The summed E-state index contributed by atoms with van der Waals surface area (Å²) in [7, 11) is 1.30. The number of hydrogen-bond acceptors (Lipinski definition) is 5. The first kappa shape index (κ1) is 16.9. The smallest absolute Gasteiger partial charge is 0.407 e. The summed E-state index contributed by atoms with van der Waals surface area (Å²) in [6.07, 6.45) is -0.580. The number of methoxy groups -OCH3 is 1. The van der Waals surface area contributed by atoms with Gasteiger partial charge in [-0.2, -0.15) is 0 Å². The minimum atomic E-state index is -0.664. The highest BCUT2D eigenvalue weighted by molar-refractivity contribution is 5.78. The lowest BCUT2D eigenvalue weighted by atomic mass is 10.0. The predicted octanol–water partition coefficient (Wildman–Crippen LogP) is 2.17. The van der Waals surface area contributed by atoms with Gasteiger partial charge in [0.1, 0.15) is 11.5 Å². The molecule has 21 heavy (non-hydrogen) atoms. The summed E-state index contributed by atoms with van der Waals surface area (Å²) < 4.78 is 9.91. The molecule has 1 N–H and O–H groups in total. The lowest BCUT2D eigenvalue weighted by Gasteiger charge is -2.21. The van der Waals surface area contributed by atoms with E-state index in [1.54, 1.807) is 32.9 Å². The van der Waals surface area contributed by atoms with Crippen LogP contribution in [0.1, 0.15) is 38.1 Å². The van der Waals surface area contributed by atoms with Gasteiger partial charge in [-0.1, -0.05) is 6.07 Å². The van der Waals surface area contributed by atoms with Crippen LogP contribution in [-0.4, -0.2) is 36.3 Å². The van der Waals surface area contributed by atoms with Crippen molar-refractivity contribution in [2.75, 3.05) is 13.7 Å². The lowest BCUT2D eigenvalue weighted by Crippen LogP contribution is -2.37. The normalized spacial score (nSPS) is 12.4. The topological polar surface area (TPSA) is 77.5 Å². The van der Waals surface area contributed by atoms with Gasteiger partial charge < -0.3 is 14.8 Å². The van der Waals surface area contributed by atoms with Gasteiger partial charge in [-0.25, -0.2) is 4.79 Å². The standard InChI is InChI=1S/C15H22N2O4/c1-10-7-6-8-12(17-10)11(13(18)20-5)9-16-14(19)21-15(2,3)4/h6-8,11H,9H2,1-5H3,(H,16,19). The summed E-state index contributed by atoms with van der Waals surface area (Å²) >= 11 is 0. The number of alkyl carbamates (subject to hydrolysis) is 1. The third kappa shape index (κ3) is 5.81. The summed E-state index contributed by atoms with van der Waals surface area (Å²) in [6.45, 7) is 7.21. The largest absolute Gasteiger partial charge is 0.468 e. The van der Waals surface area contributed by atoms with Crippen LogP contribution in [0.4, 0.5) is 4.79 Å². The lowest BCUT2D eigenvalue weighted by molar-refractivity contribution is -0.142. The number of carbonyl (C=O) groups is 2. The molecule has 0 radical (unpaired) electrons. The number of carbonyl (C=O) groups excluding carboxylic acids is 2. The third-order valence-electron chi connectivity index (χ3n) is 2.60. The van der Waals surface area contributed by atoms with Gasteiger partial charge in [0.05, 0.1) is 12.8 Å². The van der Waals surface area contributed by atoms with E-state index in [0.29, 0.717) is 5.69 Å². The van der Waals surface area contributed by atoms with E-state index in [1.807, 2.05) is 13.0 Å². The Morgan fingerprint density at radius 1 is 1.33 bits per heavy atom. The molecule has 0 aliphatic heterocycles. The van der Waals surface area contributed by atoms with E-state index in [2.05, 4.69) is 10.3 Å². The second kappa shape index (κ2) is 7.06. The summed E-state index contributed by atoms with van der Waals surface area (Å²) in [4.78, 5) is 27.8. The number of nitrogens with zero attached hydrogens (tertiary/aromatic N) is 1. The monoisotopic (exact) mass is 294 g/mol. The zero-order valence-corrected chi connectivity index (χ0v) is 13.1. The van der Waals surface area contributed by atoms with E-state index in [-0.39, 0.29) is 6.54 Å². The first-order chi connectivity index (χ1) is 9.73. The maximum Gasteiger partial charge on any atom is 0.407 e. The molecule has 0 saturated heterocycles. The molecule has 1 aromatic rings. The first-order valence-corrected chi connectivity index (χ1v) is 6.71. The second-order valence-electron chi connectivity index (χ2n) is 5.66. The van der Waals surface area contributed by atoms with Gasteiger partial charge in [0.2, 0.25) is 0 Å². The molecule has 0 spiro atoms. The van der Waals surface area contributed by atoms with Gasteiger partial charge in [-0.05, 0) is 39.8 Å². The van der Waals surface area contributed by atoms with Crippen LogP contribution >= 0.6 is 0 Å². The van der Waals surface area contributed by atoms with Crippen molar-refractivity contribution in [1.82, 2.24) is 10.3 Å². The Morgan fingerprint density at radius 3 is 2.52 bits per heavy atom. The highest BCUT2D eigenvalue weighted by Crippen LogP contribution is 2.15. The number of hydrogen-bond donors (Lipinski definition) is 1. The number of amides is 1. The Hall–Kier alpha value is -2.11. The zero-order chi connectivity index (χ0) is 16.0. The summed E-state index contributed by atoms with van der Waals surface area (Å²) in [5, 5.41) is 2.57. The van der Waals surface area contributed by atoms with Gasteiger partial charge in [-0.15, -0.1) is 0 Å². The number of rotatable bonds is 4. The first-order valence-electron chi connectivity index (χ1n) is 6.71. The molecule has 1 atom stereocenters. The molecule has 1 unspecified atom stereocenters. The van der Waals surface area contributed by atoms with Crippen LogP contribution < -0.4 is 5.32 Å². The predicted molar refractivity (Wildman–Crippen MR) is 78.0 cm³/mol. The molecular weight excluding hydrogens is 272 g/mol. The molecule has 0 fully saturated rings. The van der Waals surface area contributed by atoms with Gasteiger partial charge in [0, 0.05) is 12.2 Å². The van der Waals surface area contributed by atoms with Crippen molar-refractivity contribution in [1.29, 1.82) is 0 Å². The van der Waals surface area contributed by atoms with Crippen molar-refractivity contribution in [2.24, 2.45) is 0 Å². The summed E-state index contributed by atoms with van der Waals surface area (Å²) in [5.74, 6) is -1.12. The fraction of sp³-hybridized carbons (Fsp3) is 0.533. The van der Waals surface area contributed by atoms with Crippen LogP contribution in [0.25, 0.3) is 0 Å². The van der Waals surface area contributed by atoms with Crippen molar-refractivity contribution < 1.29 is 19.1 Å². The highest BCUT2D eigenvalue weighted by atomic mass is 16.6. The van der Waals surface area contributed by atoms with Crippen molar-refractivity contribution in [3.05, 3.63) is 29.6 Å². The van der Waals surface area contributed by atoms with E-state index < -0.39 is 23.6 Å². The Labute approximate surface area is 124 Å². The SMILES string of the molecule is COC(=O)C(CNC(=O)OC(C)(C)C)c1cccc(C)n1. The Balaban J connectivity index is 2.77. The van der Waals surface area contributed by atoms with Crippen LogP contribution in [0.3, 0.4) is 0 Å². The minimum Gasteiger partial charge on any atom is -0.468 e. The number of esters is 1. The van der Waals surface area contributed by atoms with E-state index in [9.17, 15) is 9.59 Å². The minimum absolute atomic E-state index is 0.0675. The van der Waals surface area contributed by atoms with Crippen LogP contribution in [0.2, 0.25) is 0 Å². The zero-order valence-electron chi connectivity index (χ0n) is 13.1. The number of nitrogens with one attached hydrogen (secondary N) is 1. The molecule has 6 nitrogen and oxygen atoms in total. The molecule has 0 saturated carbocycles. The molecule has 1 rings (SSSR count). The van der Waals surface area contributed by atoms with Crippen molar-refractivity contribution >= 4 is 12.1 Å². The van der Waals surface area contributed by atoms with Gasteiger partial charge in [-0.3, -0.25) is 9.78 Å². The molecule has 1 amide bonds. The van der Waals surface area contributed by atoms with Gasteiger partial charge in [0.15, 0.2) is 0 Å². The average Bonchev–Trinajstić information content (AvgIpc) is 2.36. The van der Waals surface area contributed by atoms with Crippen LogP contribution in [0.5, 0.6) is 0 Å². The maximum absolute atomic E-state index is 11.9. The summed E-state index contributed by atoms with van der Waals surface area (Å²) in [5.41, 5.74) is 0.753. The van der Waals surface area contributed by atoms with Crippen LogP contribution in [-0.2, 0) is 14.3 Å². The Kier molecular flexibility index (Phi) is 5.69. The quantitative estimate of drug-likeness (QED) is 0.861. The molecule has 0 aromatic carbocycles. The van der Waals surface area contributed by atoms with Crippen LogP contribution in [0.15, 0.2) is 18.2 Å². The second-order valence-corrected chi connectivity index (χ2v) is 5.66.